The minimum absolute atomic E-state index is 0.110. The van der Waals surface area contributed by atoms with Crippen molar-refractivity contribution < 1.29 is 28.6 Å². The fourth-order valence-electron chi connectivity index (χ4n) is 3.53. The van der Waals surface area contributed by atoms with Crippen LogP contribution in [-0.2, 0) is 14.3 Å². The average molecular weight is 452 g/mol. The summed E-state index contributed by atoms with van der Waals surface area (Å²) < 4.78 is 10.5. The molecule has 1 saturated heterocycles. The van der Waals surface area contributed by atoms with Gasteiger partial charge in [0.1, 0.15) is 28.2 Å². The van der Waals surface area contributed by atoms with Crippen LogP contribution in [0, 0.1) is 20.8 Å². The highest BCUT2D eigenvalue weighted by Crippen LogP contribution is 2.44. The Labute approximate surface area is 187 Å². The lowest BCUT2D eigenvalue weighted by Crippen LogP contribution is -2.29. The smallest absolute Gasteiger partial charge is 0.350 e. The van der Waals surface area contributed by atoms with E-state index >= 15 is 0 Å². The molecule has 1 aliphatic rings. The first-order valence-corrected chi connectivity index (χ1v) is 10.5. The molecule has 0 saturated carbocycles. The Balaban J connectivity index is 1.92. The normalized spacial score (nSPS) is 17.8. The Bertz CT molecular complexity index is 1270. The molecule has 1 N–H and O–H groups in total. The largest absolute Gasteiger partial charge is 0.507 e. The zero-order valence-electron chi connectivity index (χ0n) is 17.8. The zero-order valence-corrected chi connectivity index (χ0v) is 18.6. The molecule has 8 nitrogen and oxygen atoms in total. The van der Waals surface area contributed by atoms with Crippen molar-refractivity contribution in [2.45, 2.75) is 26.8 Å². The molecule has 4 rings (SSSR count). The van der Waals surface area contributed by atoms with Crippen LogP contribution in [0.4, 0.5) is 5.13 Å². The van der Waals surface area contributed by atoms with E-state index in [4.69, 9.17) is 9.15 Å². The van der Waals surface area contributed by atoms with Crippen LogP contribution < -0.4 is 4.90 Å². The summed E-state index contributed by atoms with van der Waals surface area (Å²) >= 11 is 0.933. The molecule has 2 aromatic heterocycles. The second-order valence-corrected chi connectivity index (χ2v) is 8.36. The zero-order chi connectivity index (χ0) is 23.2. The molecular weight excluding hydrogens is 432 g/mol. The number of carbonyl (C=O) groups excluding carboxylic acids is 3. The van der Waals surface area contributed by atoms with E-state index in [1.165, 1.54) is 7.11 Å². The molecule has 0 bridgehead atoms. The molecule has 0 aliphatic carbocycles. The molecule has 164 valence electrons. The standard InChI is InChI=1S/C23H20N2O6S/c1-11-5-8-14(9-6-11)18(26)16-17(15-10-7-12(2)31-15)25(21(28)19(16)27)23-24-13(3)20(32-23)22(29)30-4/h5-10,17,26H,1-4H3/t17-/m0/s1. The number of hydrogen-bond donors (Lipinski definition) is 1. The van der Waals surface area contributed by atoms with E-state index in [0.717, 1.165) is 21.8 Å². The van der Waals surface area contributed by atoms with E-state index in [1.54, 1.807) is 50.2 Å². The van der Waals surface area contributed by atoms with E-state index in [-0.39, 0.29) is 21.3 Å². The summed E-state index contributed by atoms with van der Waals surface area (Å²) in [6, 6.07) is 9.24. The number of carbonyl (C=O) groups is 3. The molecular formula is C23H20N2O6S. The highest BCUT2D eigenvalue weighted by molar-refractivity contribution is 7.17. The molecule has 0 spiro atoms. The van der Waals surface area contributed by atoms with E-state index < -0.39 is 23.7 Å². The van der Waals surface area contributed by atoms with Gasteiger partial charge in [0.2, 0.25) is 0 Å². The third-order valence-corrected chi connectivity index (χ3v) is 6.30. The van der Waals surface area contributed by atoms with Crippen molar-refractivity contribution in [2.24, 2.45) is 0 Å². The van der Waals surface area contributed by atoms with Gasteiger partial charge >= 0.3 is 11.9 Å². The Morgan fingerprint density at radius 2 is 1.81 bits per heavy atom. The predicted molar refractivity (Wildman–Crippen MR) is 118 cm³/mol. The van der Waals surface area contributed by atoms with Crippen LogP contribution in [0.1, 0.15) is 44.1 Å². The maximum atomic E-state index is 13.1. The maximum absolute atomic E-state index is 13.1. The van der Waals surface area contributed by atoms with Gasteiger partial charge in [-0.2, -0.15) is 0 Å². The molecule has 3 heterocycles. The number of aromatic nitrogens is 1. The summed E-state index contributed by atoms with van der Waals surface area (Å²) in [5.74, 6) is -1.77. The number of Topliss-reactive ketones (excluding diaryl/α,β-unsaturated/α-hetero) is 1. The highest BCUT2D eigenvalue weighted by atomic mass is 32.1. The second kappa shape index (κ2) is 8.08. The fourth-order valence-corrected chi connectivity index (χ4v) is 4.55. The molecule has 0 unspecified atom stereocenters. The molecule has 1 aliphatic heterocycles. The van der Waals surface area contributed by atoms with Crippen molar-refractivity contribution in [1.29, 1.82) is 0 Å². The van der Waals surface area contributed by atoms with Gasteiger partial charge in [-0.05, 0) is 32.9 Å². The van der Waals surface area contributed by atoms with Crippen LogP contribution in [-0.4, -0.2) is 34.9 Å². The number of anilines is 1. The number of methoxy groups -OCH3 is 1. The van der Waals surface area contributed by atoms with E-state index in [9.17, 15) is 19.5 Å². The van der Waals surface area contributed by atoms with Gasteiger partial charge in [-0.1, -0.05) is 41.2 Å². The van der Waals surface area contributed by atoms with E-state index in [1.807, 2.05) is 6.92 Å². The van der Waals surface area contributed by atoms with Gasteiger partial charge in [0, 0.05) is 5.56 Å². The SMILES string of the molecule is COC(=O)c1sc(N2C(=O)C(=O)C(=C(O)c3ccc(C)cc3)[C@@H]2c2ccc(C)o2)nc1C. The molecule has 0 radical (unpaired) electrons. The first kappa shape index (κ1) is 21.5. The fraction of sp³-hybridized carbons (Fsp3) is 0.217. The number of rotatable bonds is 4. The van der Waals surface area contributed by atoms with E-state index in [0.29, 0.717) is 22.8 Å². The summed E-state index contributed by atoms with van der Waals surface area (Å²) in [4.78, 5) is 43.9. The Kier molecular flexibility index (Phi) is 5.43. The van der Waals surface area contributed by atoms with E-state index in [2.05, 4.69) is 4.98 Å². The van der Waals surface area contributed by atoms with Crippen molar-refractivity contribution in [2.75, 3.05) is 12.0 Å². The number of aliphatic hydroxyl groups is 1. The average Bonchev–Trinajstić information content (AvgIpc) is 3.44. The van der Waals surface area contributed by atoms with Crippen molar-refractivity contribution in [3.63, 3.8) is 0 Å². The molecule has 1 atom stereocenters. The number of esters is 1. The molecule has 1 amide bonds. The van der Waals surface area contributed by atoms with Gasteiger partial charge in [-0.15, -0.1) is 0 Å². The molecule has 32 heavy (non-hydrogen) atoms. The number of aliphatic hydroxyl groups excluding tert-OH is 1. The van der Waals surface area contributed by atoms with Gasteiger partial charge in [0.15, 0.2) is 5.13 Å². The summed E-state index contributed by atoms with van der Waals surface area (Å²) in [6.45, 7) is 5.25. The number of benzene rings is 1. The van der Waals surface area contributed by atoms with Crippen molar-refractivity contribution in [3.8, 4) is 0 Å². The Morgan fingerprint density at radius 1 is 1.12 bits per heavy atom. The Hall–Kier alpha value is -3.72. The predicted octanol–water partition coefficient (Wildman–Crippen LogP) is 4.07. The summed E-state index contributed by atoms with van der Waals surface area (Å²) in [5, 5.41) is 11.2. The van der Waals surface area contributed by atoms with Gasteiger partial charge in [-0.3, -0.25) is 14.5 Å². The van der Waals surface area contributed by atoms with Crippen LogP contribution in [0.2, 0.25) is 0 Å². The molecule has 1 aromatic carbocycles. The van der Waals surface area contributed by atoms with Gasteiger partial charge in [0.05, 0.1) is 18.4 Å². The number of hydrogen-bond acceptors (Lipinski definition) is 8. The van der Waals surface area contributed by atoms with Crippen molar-refractivity contribution >= 4 is 39.9 Å². The lowest BCUT2D eigenvalue weighted by molar-refractivity contribution is -0.132. The third kappa shape index (κ3) is 3.50. The summed E-state index contributed by atoms with van der Waals surface area (Å²) in [6.07, 6.45) is 0. The summed E-state index contributed by atoms with van der Waals surface area (Å²) in [5.41, 5.74) is 1.63. The molecule has 9 heteroatoms. The molecule has 1 fully saturated rings. The third-order valence-electron chi connectivity index (χ3n) is 5.16. The maximum Gasteiger partial charge on any atom is 0.350 e. The highest BCUT2D eigenvalue weighted by Gasteiger charge is 2.49. The van der Waals surface area contributed by atoms with Crippen LogP contribution in [0.15, 0.2) is 46.4 Å². The Morgan fingerprint density at radius 3 is 2.41 bits per heavy atom. The van der Waals surface area contributed by atoms with Crippen LogP contribution in [0.25, 0.3) is 5.76 Å². The quantitative estimate of drug-likeness (QED) is 0.275. The van der Waals surface area contributed by atoms with Crippen LogP contribution in [0.5, 0.6) is 0 Å². The number of ketones is 1. The summed E-state index contributed by atoms with van der Waals surface area (Å²) in [7, 11) is 1.25. The lowest BCUT2D eigenvalue weighted by atomic mass is 9.99. The van der Waals surface area contributed by atoms with Gasteiger partial charge < -0.3 is 14.3 Å². The number of thiazole rings is 1. The van der Waals surface area contributed by atoms with Crippen LogP contribution in [0.3, 0.4) is 0 Å². The number of nitrogens with zero attached hydrogens (tertiary/aromatic N) is 2. The number of furan rings is 1. The number of aryl methyl sites for hydroxylation is 3. The second-order valence-electron chi connectivity index (χ2n) is 7.39. The van der Waals surface area contributed by atoms with Crippen molar-refractivity contribution in [3.05, 3.63) is 75.2 Å². The first-order chi connectivity index (χ1) is 15.2. The van der Waals surface area contributed by atoms with Gasteiger partial charge in [-0.25, -0.2) is 9.78 Å². The van der Waals surface area contributed by atoms with Crippen LogP contribution >= 0.6 is 11.3 Å². The number of ether oxygens (including phenoxy) is 1. The topological polar surface area (TPSA) is 110 Å². The molecule has 3 aromatic rings. The van der Waals surface area contributed by atoms with Gasteiger partial charge in [0.25, 0.3) is 5.78 Å². The monoisotopic (exact) mass is 452 g/mol. The minimum Gasteiger partial charge on any atom is -0.507 e. The number of amides is 1. The van der Waals surface area contributed by atoms with Crippen molar-refractivity contribution in [1.82, 2.24) is 4.98 Å². The lowest BCUT2D eigenvalue weighted by Gasteiger charge is -2.20. The first-order valence-electron chi connectivity index (χ1n) is 9.73. The minimum atomic E-state index is -1.04.